The van der Waals surface area contributed by atoms with Crippen molar-refractivity contribution in [1.29, 1.82) is 0 Å². The minimum Gasteiger partial charge on any atom is -0.497 e. The molecular formula is C25H24N6O3S. The number of aryl methyl sites for hydroxylation is 1. The number of β-amino-alcohol motifs (C(OH)–C–C–N with tert-alkyl or cyclic N) is 1. The predicted molar refractivity (Wildman–Crippen MR) is 134 cm³/mol. The van der Waals surface area contributed by atoms with E-state index < -0.39 is 6.10 Å². The van der Waals surface area contributed by atoms with Crippen LogP contribution in [0.4, 0.5) is 17.1 Å². The molecule has 4 aromatic rings. The fourth-order valence-corrected chi connectivity index (χ4v) is 5.03. The highest BCUT2D eigenvalue weighted by atomic mass is 32.2. The summed E-state index contributed by atoms with van der Waals surface area (Å²) in [5.74, 6) is 1.32. The number of nitrogens with zero attached hydrogens (tertiary/aromatic N) is 5. The standard InChI is InChI=1S/C25H24N6O3S/c1-34-20-10-7-18(8-11-20)31-28-25(27-29-31)13-9-19(33)15-30-21-4-2-3-5-23(21)35-24-12-6-17(26-16-32)14-22(24)30/h2-8,10-12,14,16,19,33H,9,13,15H2,1H3,(H,26,32). The molecule has 1 aliphatic heterocycles. The second-order valence-corrected chi connectivity index (χ2v) is 9.09. The van der Waals surface area contributed by atoms with Gasteiger partial charge >= 0.3 is 0 Å². The number of hydrogen-bond acceptors (Lipinski definition) is 8. The van der Waals surface area contributed by atoms with Crippen LogP contribution in [-0.2, 0) is 11.2 Å². The van der Waals surface area contributed by atoms with Crippen molar-refractivity contribution in [3.8, 4) is 11.4 Å². The van der Waals surface area contributed by atoms with Crippen molar-refractivity contribution in [2.45, 2.75) is 28.7 Å². The lowest BCUT2D eigenvalue weighted by Crippen LogP contribution is -2.31. The third-order valence-electron chi connectivity index (χ3n) is 5.70. The lowest BCUT2D eigenvalue weighted by molar-refractivity contribution is -0.105. The number of carbonyl (C=O) groups is 1. The molecule has 3 aromatic carbocycles. The molecule has 0 fully saturated rings. The molecule has 178 valence electrons. The van der Waals surface area contributed by atoms with Crippen LogP contribution in [0.5, 0.6) is 5.75 Å². The van der Waals surface area contributed by atoms with Crippen LogP contribution in [0.1, 0.15) is 12.2 Å². The number of aliphatic hydroxyl groups is 1. The maximum atomic E-state index is 11.0. The molecule has 0 radical (unpaired) electrons. The van der Waals surface area contributed by atoms with E-state index in [2.05, 4.69) is 31.7 Å². The number of benzene rings is 3. The zero-order valence-corrected chi connectivity index (χ0v) is 19.9. The third kappa shape index (κ3) is 4.98. The predicted octanol–water partition coefficient (Wildman–Crippen LogP) is 3.84. The molecule has 9 nitrogen and oxygen atoms in total. The van der Waals surface area contributed by atoms with Gasteiger partial charge in [-0.3, -0.25) is 4.79 Å². The van der Waals surface area contributed by atoms with Gasteiger partial charge in [0.1, 0.15) is 5.75 Å². The Labute approximate surface area is 206 Å². The van der Waals surface area contributed by atoms with Gasteiger partial charge in [0.2, 0.25) is 6.41 Å². The highest BCUT2D eigenvalue weighted by molar-refractivity contribution is 7.99. The van der Waals surface area contributed by atoms with Gasteiger partial charge in [0.25, 0.3) is 0 Å². The molecule has 0 spiro atoms. The molecule has 0 saturated carbocycles. The van der Waals surface area contributed by atoms with Crippen molar-refractivity contribution in [1.82, 2.24) is 20.2 Å². The number of tetrazole rings is 1. The van der Waals surface area contributed by atoms with Crippen molar-refractivity contribution in [3.05, 3.63) is 72.6 Å². The van der Waals surface area contributed by atoms with E-state index in [1.807, 2.05) is 60.7 Å². The van der Waals surface area contributed by atoms with Crippen molar-refractivity contribution in [2.75, 3.05) is 23.9 Å². The smallest absolute Gasteiger partial charge is 0.211 e. The summed E-state index contributed by atoms with van der Waals surface area (Å²) in [4.78, 5) is 16.7. The summed E-state index contributed by atoms with van der Waals surface area (Å²) in [6, 6.07) is 21.3. The van der Waals surface area contributed by atoms with Gasteiger partial charge in [-0.2, -0.15) is 0 Å². The number of aliphatic hydroxyl groups excluding tert-OH is 1. The van der Waals surface area contributed by atoms with Crippen LogP contribution in [0.3, 0.4) is 0 Å². The van der Waals surface area contributed by atoms with Gasteiger partial charge in [0, 0.05) is 28.4 Å². The molecule has 0 aliphatic carbocycles. The van der Waals surface area contributed by atoms with Crippen molar-refractivity contribution < 1.29 is 14.6 Å². The molecule has 10 heteroatoms. The summed E-state index contributed by atoms with van der Waals surface area (Å²) >= 11 is 1.67. The summed E-state index contributed by atoms with van der Waals surface area (Å²) in [7, 11) is 1.62. The Morgan fingerprint density at radius 1 is 1.09 bits per heavy atom. The molecule has 35 heavy (non-hydrogen) atoms. The number of anilines is 3. The Morgan fingerprint density at radius 2 is 1.89 bits per heavy atom. The molecule has 5 rings (SSSR count). The number of methoxy groups -OCH3 is 1. The Hall–Kier alpha value is -3.89. The molecule has 1 unspecified atom stereocenters. The number of carbonyl (C=O) groups excluding carboxylic acids is 1. The average Bonchev–Trinajstić information content (AvgIpc) is 3.37. The first-order chi connectivity index (χ1) is 17.1. The summed E-state index contributed by atoms with van der Waals surface area (Å²) < 4.78 is 5.18. The van der Waals surface area contributed by atoms with Crippen LogP contribution < -0.4 is 15.0 Å². The van der Waals surface area contributed by atoms with E-state index in [9.17, 15) is 9.90 Å². The van der Waals surface area contributed by atoms with E-state index in [-0.39, 0.29) is 0 Å². The van der Waals surface area contributed by atoms with Crippen LogP contribution in [0.15, 0.2) is 76.5 Å². The number of aromatic nitrogens is 4. The minimum absolute atomic E-state index is 0.391. The third-order valence-corrected chi connectivity index (χ3v) is 6.83. The normalized spacial score (nSPS) is 13.0. The van der Waals surface area contributed by atoms with E-state index in [4.69, 9.17) is 4.74 Å². The summed E-state index contributed by atoms with van der Waals surface area (Å²) in [6.45, 7) is 0.391. The van der Waals surface area contributed by atoms with Gasteiger partial charge < -0.3 is 20.1 Å². The maximum Gasteiger partial charge on any atom is 0.211 e. The number of hydrogen-bond donors (Lipinski definition) is 2. The highest BCUT2D eigenvalue weighted by Gasteiger charge is 2.25. The van der Waals surface area contributed by atoms with E-state index in [0.717, 1.165) is 32.6 Å². The molecule has 1 aliphatic rings. The van der Waals surface area contributed by atoms with Crippen LogP contribution in [0, 0.1) is 0 Å². The van der Waals surface area contributed by atoms with Gasteiger partial charge in [0.05, 0.1) is 30.3 Å². The first-order valence-corrected chi connectivity index (χ1v) is 12.0. The zero-order chi connectivity index (χ0) is 24.2. The SMILES string of the molecule is COc1ccc(-n2nnc(CCC(O)CN3c4ccccc4Sc4ccc(NC=O)cc43)n2)cc1. The van der Waals surface area contributed by atoms with E-state index in [1.165, 1.54) is 4.80 Å². The first kappa shape index (κ1) is 22.9. The van der Waals surface area contributed by atoms with Crippen molar-refractivity contribution in [2.24, 2.45) is 0 Å². The molecular weight excluding hydrogens is 464 g/mol. The van der Waals surface area contributed by atoms with Crippen molar-refractivity contribution in [3.63, 3.8) is 0 Å². The van der Waals surface area contributed by atoms with Gasteiger partial charge in [0.15, 0.2) is 5.82 Å². The van der Waals surface area contributed by atoms with Gasteiger partial charge in [-0.15, -0.1) is 15.0 Å². The molecule has 1 amide bonds. The second-order valence-electron chi connectivity index (χ2n) is 8.01. The first-order valence-electron chi connectivity index (χ1n) is 11.1. The number of nitrogens with one attached hydrogen (secondary N) is 1. The van der Waals surface area contributed by atoms with E-state index in [1.54, 1.807) is 18.9 Å². The lowest BCUT2D eigenvalue weighted by Gasteiger charge is -2.34. The van der Waals surface area contributed by atoms with Gasteiger partial charge in [-0.05, 0) is 66.2 Å². The number of rotatable bonds is 9. The Bertz CT molecular complexity index is 1330. The van der Waals surface area contributed by atoms with Crippen LogP contribution >= 0.6 is 11.8 Å². The van der Waals surface area contributed by atoms with Gasteiger partial charge in [-0.1, -0.05) is 23.9 Å². The fraction of sp³-hybridized carbons (Fsp3) is 0.200. The Kier molecular flexibility index (Phi) is 6.64. The zero-order valence-electron chi connectivity index (χ0n) is 19.0. The molecule has 1 atom stereocenters. The largest absolute Gasteiger partial charge is 0.497 e. The monoisotopic (exact) mass is 488 g/mol. The van der Waals surface area contributed by atoms with Crippen molar-refractivity contribution >= 4 is 35.2 Å². The van der Waals surface area contributed by atoms with Gasteiger partial charge in [-0.25, -0.2) is 0 Å². The number of para-hydroxylation sites is 1. The quantitative estimate of drug-likeness (QED) is 0.343. The second kappa shape index (κ2) is 10.2. The topological polar surface area (TPSA) is 105 Å². The summed E-state index contributed by atoms with van der Waals surface area (Å²) in [5.41, 5.74) is 3.46. The Morgan fingerprint density at radius 3 is 2.69 bits per heavy atom. The van der Waals surface area contributed by atoms with E-state index >= 15 is 0 Å². The maximum absolute atomic E-state index is 11.0. The molecule has 1 aromatic heterocycles. The lowest BCUT2D eigenvalue weighted by atomic mass is 10.1. The highest BCUT2D eigenvalue weighted by Crippen LogP contribution is 2.48. The minimum atomic E-state index is -0.630. The van der Waals surface area contributed by atoms with Crippen LogP contribution in [0.25, 0.3) is 5.69 Å². The summed E-state index contributed by atoms with van der Waals surface area (Å²) in [6.07, 6.45) is 0.995. The molecule has 2 N–H and O–H groups in total. The molecule has 0 saturated heterocycles. The van der Waals surface area contributed by atoms with Crippen LogP contribution in [-0.4, -0.2) is 51.5 Å². The number of ether oxygens (including phenoxy) is 1. The Balaban J connectivity index is 1.29. The fourth-order valence-electron chi connectivity index (χ4n) is 3.95. The average molecular weight is 489 g/mol. The number of amides is 1. The summed E-state index contributed by atoms with van der Waals surface area (Å²) in [5, 5.41) is 26.4. The molecule has 0 bridgehead atoms. The number of fused-ring (bicyclic) bond motifs is 2. The van der Waals surface area contributed by atoms with E-state index in [0.29, 0.717) is 37.3 Å². The van der Waals surface area contributed by atoms with Crippen LogP contribution in [0.2, 0.25) is 0 Å². The molecule has 2 heterocycles.